The van der Waals surface area contributed by atoms with Crippen molar-refractivity contribution in [2.45, 2.75) is 20.0 Å². The van der Waals surface area contributed by atoms with E-state index < -0.39 is 13.9 Å². The van der Waals surface area contributed by atoms with E-state index in [0.717, 1.165) is 29.0 Å². The Morgan fingerprint density at radius 1 is 0.800 bits per heavy atom. The van der Waals surface area contributed by atoms with Crippen LogP contribution in [0.2, 0.25) is 0 Å². The van der Waals surface area contributed by atoms with Gasteiger partial charge in [-0.15, -0.1) is 0 Å². The van der Waals surface area contributed by atoms with Gasteiger partial charge in [0.15, 0.2) is 0 Å². The first kappa shape index (κ1) is 26.6. The molecule has 0 aliphatic heterocycles. The van der Waals surface area contributed by atoms with Crippen molar-refractivity contribution in [2.75, 3.05) is 35.2 Å². The Morgan fingerprint density at radius 3 is 1.69 bits per heavy atom. The van der Waals surface area contributed by atoms with E-state index in [1.165, 1.54) is 18.1 Å². The highest BCUT2D eigenvalue weighted by molar-refractivity contribution is 7.80. The largest absolute Gasteiger partial charge is 0.426 e. The molecule has 35 heavy (non-hydrogen) atoms. The number of rotatable bonds is 9. The van der Waals surface area contributed by atoms with Crippen molar-refractivity contribution in [1.29, 1.82) is 0 Å². The van der Waals surface area contributed by atoms with Gasteiger partial charge in [-0.05, 0) is 76.0 Å². The molecule has 0 unspecified atom stereocenters. The molecule has 1 N–H and O–H groups in total. The summed E-state index contributed by atoms with van der Waals surface area (Å²) in [5, 5.41) is 5.75. The number of benzene rings is 3. The number of amides is 1. The first-order valence-corrected chi connectivity index (χ1v) is 12.8. The van der Waals surface area contributed by atoms with Gasteiger partial charge in [0, 0.05) is 37.9 Å². The summed E-state index contributed by atoms with van der Waals surface area (Å²) < 4.78 is 5.62. The van der Waals surface area contributed by atoms with Crippen LogP contribution in [0, 0.1) is 0 Å². The van der Waals surface area contributed by atoms with E-state index in [4.69, 9.17) is 4.74 Å². The summed E-state index contributed by atoms with van der Waals surface area (Å²) in [6, 6.07) is 22.4. The van der Waals surface area contributed by atoms with Crippen LogP contribution in [-0.4, -0.2) is 56.9 Å². The summed E-state index contributed by atoms with van der Waals surface area (Å²) in [4.78, 5) is 28.7. The molecule has 184 valence electrons. The number of carbonyl (C=O) groups excluding carboxylic acids is 2. The van der Waals surface area contributed by atoms with Gasteiger partial charge in [0.05, 0.1) is 0 Å². The van der Waals surface area contributed by atoms with Gasteiger partial charge in [0.1, 0.15) is 5.75 Å². The minimum atomic E-state index is -1.09. The fourth-order valence-electron chi connectivity index (χ4n) is 3.88. The normalized spacial score (nSPS) is 11.2. The Bertz CT molecular complexity index is 1110. The van der Waals surface area contributed by atoms with E-state index in [1.807, 2.05) is 34.3 Å². The molecule has 3 rings (SSSR count). The number of hydrogen-bond acceptors (Lipinski definition) is 5. The summed E-state index contributed by atoms with van der Waals surface area (Å²) in [5.41, 5.74) is 2.96. The fraction of sp³-hybridized carbons (Fsp3) is 0.286. The second kappa shape index (κ2) is 12.1. The zero-order valence-electron chi connectivity index (χ0n) is 21.3. The summed E-state index contributed by atoms with van der Waals surface area (Å²) >= 11 is 0. The van der Waals surface area contributed by atoms with Crippen LogP contribution in [0.4, 0.5) is 0 Å². The molecule has 0 fully saturated rings. The van der Waals surface area contributed by atoms with E-state index in [-0.39, 0.29) is 5.91 Å². The van der Waals surface area contributed by atoms with Crippen LogP contribution in [0.1, 0.15) is 28.4 Å². The number of nitrogens with one attached hydrogen (secondary N) is 1. The van der Waals surface area contributed by atoms with E-state index in [9.17, 15) is 9.59 Å². The highest BCUT2D eigenvalue weighted by Gasteiger charge is 2.23. The average Bonchev–Trinajstić information content (AvgIpc) is 2.81. The van der Waals surface area contributed by atoms with Crippen LogP contribution in [-0.2, 0) is 17.9 Å². The Labute approximate surface area is 209 Å². The molecule has 0 atom stereocenters. The van der Waals surface area contributed by atoms with E-state index in [0.29, 0.717) is 11.3 Å². The molecule has 0 bridgehead atoms. The standard InChI is InChI=1S/C28H34N3O3P/c1-20(32)34-26-16-11-23(28(33)29-2)17-27(26)35(24-12-7-21(8-13-24)18-30(3)4)25-14-9-22(10-15-25)19-31(5)6/h7-17H,18-19H2,1-6H3,(H,29,33). The third-order valence-corrected chi connectivity index (χ3v) is 7.79. The number of esters is 1. The number of hydrogen-bond donors (Lipinski definition) is 1. The molecule has 3 aromatic rings. The molecule has 0 radical (unpaired) electrons. The van der Waals surface area contributed by atoms with Gasteiger partial charge in [-0.3, -0.25) is 9.59 Å². The molecule has 6 nitrogen and oxygen atoms in total. The van der Waals surface area contributed by atoms with Gasteiger partial charge in [0.25, 0.3) is 5.91 Å². The maximum Gasteiger partial charge on any atom is 0.308 e. The van der Waals surface area contributed by atoms with E-state index in [1.54, 1.807) is 19.2 Å². The molecule has 0 aliphatic carbocycles. The van der Waals surface area contributed by atoms with Gasteiger partial charge in [-0.25, -0.2) is 0 Å². The summed E-state index contributed by atoms with van der Waals surface area (Å²) in [6.07, 6.45) is 0. The first-order chi connectivity index (χ1) is 16.7. The molecule has 0 spiro atoms. The van der Waals surface area contributed by atoms with Crippen molar-refractivity contribution in [3.05, 3.63) is 83.4 Å². The quantitative estimate of drug-likeness (QED) is 0.283. The predicted octanol–water partition coefficient (Wildman–Crippen LogP) is 2.85. The van der Waals surface area contributed by atoms with Crippen molar-refractivity contribution in [2.24, 2.45) is 0 Å². The highest BCUT2D eigenvalue weighted by atomic mass is 31.1. The third-order valence-electron chi connectivity index (χ3n) is 5.33. The monoisotopic (exact) mass is 491 g/mol. The van der Waals surface area contributed by atoms with Crippen LogP contribution in [0.5, 0.6) is 5.75 Å². The summed E-state index contributed by atoms with van der Waals surface area (Å²) in [5.74, 6) is -0.0965. The molecule has 0 saturated heterocycles. The van der Waals surface area contributed by atoms with Gasteiger partial charge in [-0.2, -0.15) is 0 Å². The van der Waals surface area contributed by atoms with E-state index >= 15 is 0 Å². The van der Waals surface area contributed by atoms with Crippen LogP contribution in [0.3, 0.4) is 0 Å². The molecule has 0 heterocycles. The van der Waals surface area contributed by atoms with Crippen molar-refractivity contribution >= 4 is 35.7 Å². The zero-order valence-corrected chi connectivity index (χ0v) is 22.2. The molecule has 0 saturated carbocycles. The van der Waals surface area contributed by atoms with Crippen LogP contribution in [0.15, 0.2) is 66.7 Å². The SMILES string of the molecule is CNC(=O)c1ccc(OC(C)=O)c(P(c2ccc(CN(C)C)cc2)c2ccc(CN(C)C)cc2)c1. The lowest BCUT2D eigenvalue weighted by Gasteiger charge is -2.23. The first-order valence-electron chi connectivity index (χ1n) is 11.5. The van der Waals surface area contributed by atoms with Gasteiger partial charge in [-0.1, -0.05) is 48.5 Å². The van der Waals surface area contributed by atoms with Gasteiger partial charge >= 0.3 is 5.97 Å². The highest BCUT2D eigenvalue weighted by Crippen LogP contribution is 2.37. The van der Waals surface area contributed by atoms with Crippen molar-refractivity contribution < 1.29 is 14.3 Å². The fourth-order valence-corrected chi connectivity index (χ4v) is 6.23. The van der Waals surface area contributed by atoms with Crippen molar-refractivity contribution in [3.63, 3.8) is 0 Å². The lowest BCUT2D eigenvalue weighted by atomic mass is 10.2. The van der Waals surface area contributed by atoms with E-state index in [2.05, 4.69) is 63.6 Å². The molecule has 7 heteroatoms. The smallest absolute Gasteiger partial charge is 0.308 e. The van der Waals surface area contributed by atoms with Crippen molar-refractivity contribution in [3.8, 4) is 5.75 Å². The lowest BCUT2D eigenvalue weighted by Crippen LogP contribution is -2.26. The topological polar surface area (TPSA) is 61.9 Å². The van der Waals surface area contributed by atoms with Crippen LogP contribution < -0.4 is 26.0 Å². The Morgan fingerprint density at radius 2 is 1.29 bits per heavy atom. The molecule has 0 aliphatic rings. The molecular formula is C28H34N3O3P. The third kappa shape index (κ3) is 7.22. The number of nitrogens with zero attached hydrogens (tertiary/aromatic N) is 2. The minimum absolute atomic E-state index is 0.182. The maximum atomic E-state index is 12.5. The van der Waals surface area contributed by atoms with Gasteiger partial charge < -0.3 is 19.9 Å². The lowest BCUT2D eigenvalue weighted by molar-refractivity contribution is -0.131. The summed E-state index contributed by atoms with van der Waals surface area (Å²) in [7, 11) is 8.71. The van der Waals surface area contributed by atoms with Crippen LogP contribution in [0.25, 0.3) is 0 Å². The Hall–Kier alpha value is -3.05. The molecular weight excluding hydrogens is 457 g/mol. The zero-order chi connectivity index (χ0) is 25.5. The minimum Gasteiger partial charge on any atom is -0.426 e. The second-order valence-electron chi connectivity index (χ2n) is 9.00. The molecule has 1 amide bonds. The Balaban J connectivity index is 2.17. The Kier molecular flexibility index (Phi) is 9.16. The molecule has 3 aromatic carbocycles. The average molecular weight is 492 g/mol. The number of carbonyl (C=O) groups is 2. The maximum absolute atomic E-state index is 12.5. The second-order valence-corrected chi connectivity index (χ2v) is 11.2. The molecule has 0 aromatic heterocycles. The van der Waals surface area contributed by atoms with Gasteiger partial charge in [0.2, 0.25) is 0 Å². The van der Waals surface area contributed by atoms with Crippen LogP contribution >= 0.6 is 7.92 Å². The van der Waals surface area contributed by atoms with Crippen molar-refractivity contribution in [1.82, 2.24) is 15.1 Å². The number of ether oxygens (including phenoxy) is 1. The summed E-state index contributed by atoms with van der Waals surface area (Å²) in [6.45, 7) is 3.09. The predicted molar refractivity (Wildman–Crippen MR) is 145 cm³/mol.